The largest absolute Gasteiger partial charge is 0.420 e. The Bertz CT molecular complexity index is 950. The molecule has 0 aliphatic carbocycles. The van der Waals surface area contributed by atoms with Gasteiger partial charge in [0.1, 0.15) is 0 Å². The van der Waals surface area contributed by atoms with Crippen LogP contribution < -0.4 is 4.74 Å². The standard InChI is InChI=1S/C25H26FNO2/c1-3-5-6-7-19-8-14-23(27-17-19)20-10-12-21(13-11-20)25(28)29-24-15-9-18(4-2)16-22(24)26/h8-17H,3-7H2,1-2H3. The fraction of sp³-hybridized carbons (Fsp3) is 0.280. The normalized spacial score (nSPS) is 10.7. The van der Waals surface area contributed by atoms with E-state index in [0.29, 0.717) is 5.56 Å². The van der Waals surface area contributed by atoms with Crippen molar-refractivity contribution in [3.63, 3.8) is 0 Å². The minimum atomic E-state index is -0.584. The third kappa shape index (κ3) is 5.50. The highest BCUT2D eigenvalue weighted by Crippen LogP contribution is 2.22. The molecule has 29 heavy (non-hydrogen) atoms. The van der Waals surface area contributed by atoms with Gasteiger partial charge in [-0.3, -0.25) is 4.98 Å². The number of halogens is 1. The molecule has 0 aliphatic heterocycles. The molecular formula is C25H26FNO2. The molecule has 0 fully saturated rings. The number of rotatable bonds is 8. The van der Waals surface area contributed by atoms with E-state index >= 15 is 0 Å². The summed E-state index contributed by atoms with van der Waals surface area (Å²) in [5.41, 5.74) is 4.23. The number of carbonyl (C=O) groups excluding carboxylic acids is 1. The molecule has 3 rings (SSSR count). The molecule has 0 N–H and O–H groups in total. The smallest absolute Gasteiger partial charge is 0.343 e. The van der Waals surface area contributed by atoms with Gasteiger partial charge in [0.25, 0.3) is 0 Å². The van der Waals surface area contributed by atoms with E-state index in [4.69, 9.17) is 4.74 Å². The number of pyridine rings is 1. The molecule has 0 atom stereocenters. The van der Waals surface area contributed by atoms with Crippen molar-refractivity contribution in [2.24, 2.45) is 0 Å². The first kappa shape index (κ1) is 20.7. The average Bonchev–Trinajstić information content (AvgIpc) is 2.76. The highest BCUT2D eigenvalue weighted by Gasteiger charge is 2.13. The molecule has 0 bridgehead atoms. The van der Waals surface area contributed by atoms with E-state index in [9.17, 15) is 9.18 Å². The first-order valence-corrected chi connectivity index (χ1v) is 10.2. The van der Waals surface area contributed by atoms with E-state index in [1.165, 1.54) is 37.0 Å². The topological polar surface area (TPSA) is 39.2 Å². The van der Waals surface area contributed by atoms with E-state index in [0.717, 1.165) is 29.7 Å². The van der Waals surface area contributed by atoms with Crippen LogP contribution in [0.1, 0.15) is 54.6 Å². The van der Waals surface area contributed by atoms with Crippen molar-refractivity contribution in [2.45, 2.75) is 46.0 Å². The lowest BCUT2D eigenvalue weighted by atomic mass is 10.1. The van der Waals surface area contributed by atoms with Crippen LogP contribution in [0.25, 0.3) is 11.3 Å². The molecule has 2 aromatic carbocycles. The third-order valence-electron chi connectivity index (χ3n) is 4.92. The zero-order valence-corrected chi connectivity index (χ0v) is 17.0. The molecule has 0 amide bonds. The van der Waals surface area contributed by atoms with Crippen LogP contribution in [0.3, 0.4) is 0 Å². The van der Waals surface area contributed by atoms with Gasteiger partial charge in [-0.2, -0.15) is 0 Å². The summed E-state index contributed by atoms with van der Waals surface area (Å²) < 4.78 is 19.3. The Morgan fingerprint density at radius 3 is 2.34 bits per heavy atom. The maximum Gasteiger partial charge on any atom is 0.343 e. The molecule has 3 nitrogen and oxygen atoms in total. The highest BCUT2D eigenvalue weighted by molar-refractivity contribution is 5.91. The second kappa shape index (κ2) is 9.97. The Morgan fingerprint density at radius 2 is 1.72 bits per heavy atom. The van der Waals surface area contributed by atoms with Gasteiger partial charge in [-0.1, -0.05) is 51.0 Å². The second-order valence-electron chi connectivity index (χ2n) is 7.09. The minimum Gasteiger partial charge on any atom is -0.420 e. The van der Waals surface area contributed by atoms with Gasteiger partial charge in [-0.05, 0) is 60.7 Å². The number of esters is 1. The van der Waals surface area contributed by atoms with E-state index < -0.39 is 11.8 Å². The van der Waals surface area contributed by atoms with Crippen LogP contribution in [0.15, 0.2) is 60.8 Å². The number of benzene rings is 2. The van der Waals surface area contributed by atoms with E-state index in [1.54, 1.807) is 18.2 Å². The Morgan fingerprint density at radius 1 is 0.966 bits per heavy atom. The predicted octanol–water partition coefficient (Wildman–Crippen LogP) is 6.40. The molecule has 0 saturated carbocycles. The van der Waals surface area contributed by atoms with Crippen LogP contribution in [0.5, 0.6) is 5.75 Å². The van der Waals surface area contributed by atoms with Crippen LogP contribution in [0.2, 0.25) is 0 Å². The number of ether oxygens (including phenoxy) is 1. The lowest BCUT2D eigenvalue weighted by molar-refractivity contribution is 0.0728. The van der Waals surface area contributed by atoms with E-state index in [-0.39, 0.29) is 5.75 Å². The Kier molecular flexibility index (Phi) is 7.12. The van der Waals surface area contributed by atoms with Gasteiger partial charge >= 0.3 is 5.97 Å². The van der Waals surface area contributed by atoms with Gasteiger partial charge < -0.3 is 4.74 Å². The molecule has 3 aromatic rings. The summed E-state index contributed by atoms with van der Waals surface area (Å²) in [6, 6.07) is 15.7. The number of nitrogens with zero attached hydrogens (tertiary/aromatic N) is 1. The van der Waals surface area contributed by atoms with Crippen molar-refractivity contribution in [3.8, 4) is 17.0 Å². The number of unbranched alkanes of at least 4 members (excludes halogenated alkanes) is 2. The van der Waals surface area contributed by atoms with Crippen molar-refractivity contribution in [2.75, 3.05) is 0 Å². The van der Waals surface area contributed by atoms with Crippen LogP contribution in [-0.4, -0.2) is 11.0 Å². The monoisotopic (exact) mass is 391 g/mol. The van der Waals surface area contributed by atoms with E-state index in [2.05, 4.69) is 18.0 Å². The lowest BCUT2D eigenvalue weighted by Gasteiger charge is -2.08. The van der Waals surface area contributed by atoms with Crippen LogP contribution >= 0.6 is 0 Å². The Labute approximate surface area is 171 Å². The summed E-state index contributed by atoms with van der Waals surface area (Å²) in [6.45, 7) is 4.14. The summed E-state index contributed by atoms with van der Waals surface area (Å²) in [6.07, 6.45) is 7.29. The molecular weight excluding hydrogens is 365 g/mol. The fourth-order valence-corrected chi connectivity index (χ4v) is 3.11. The molecule has 4 heteroatoms. The van der Waals surface area contributed by atoms with E-state index in [1.807, 2.05) is 31.3 Å². The summed E-state index contributed by atoms with van der Waals surface area (Å²) >= 11 is 0. The number of hydrogen-bond donors (Lipinski definition) is 0. The van der Waals surface area contributed by atoms with Gasteiger partial charge in [-0.15, -0.1) is 0 Å². The molecule has 1 heterocycles. The number of carbonyl (C=O) groups is 1. The summed E-state index contributed by atoms with van der Waals surface area (Å²) in [4.78, 5) is 16.9. The summed E-state index contributed by atoms with van der Waals surface area (Å²) in [5, 5.41) is 0. The molecule has 0 unspecified atom stereocenters. The van der Waals surface area contributed by atoms with Crippen molar-refractivity contribution >= 4 is 5.97 Å². The Balaban J connectivity index is 1.65. The summed E-state index contributed by atoms with van der Waals surface area (Å²) in [5.74, 6) is -1.17. The molecule has 0 radical (unpaired) electrons. The minimum absolute atomic E-state index is 0.0587. The predicted molar refractivity (Wildman–Crippen MR) is 114 cm³/mol. The highest BCUT2D eigenvalue weighted by atomic mass is 19.1. The number of aromatic nitrogens is 1. The Hall–Kier alpha value is -3.01. The maximum atomic E-state index is 14.0. The SMILES string of the molecule is CCCCCc1ccc(-c2ccc(C(=O)Oc3ccc(CC)cc3F)cc2)nc1. The fourth-order valence-electron chi connectivity index (χ4n) is 3.11. The zero-order chi connectivity index (χ0) is 20.6. The average molecular weight is 391 g/mol. The second-order valence-corrected chi connectivity index (χ2v) is 7.09. The van der Waals surface area contributed by atoms with Gasteiger partial charge in [0, 0.05) is 11.8 Å². The van der Waals surface area contributed by atoms with Crippen molar-refractivity contribution in [1.82, 2.24) is 4.98 Å². The number of hydrogen-bond acceptors (Lipinski definition) is 3. The van der Waals surface area contributed by atoms with Crippen LogP contribution in [-0.2, 0) is 12.8 Å². The van der Waals surface area contributed by atoms with Gasteiger partial charge in [0.15, 0.2) is 11.6 Å². The molecule has 150 valence electrons. The summed E-state index contributed by atoms with van der Waals surface area (Å²) in [7, 11) is 0. The van der Waals surface area contributed by atoms with Crippen LogP contribution in [0, 0.1) is 5.82 Å². The molecule has 0 aliphatic rings. The van der Waals surface area contributed by atoms with Gasteiger partial charge in [0.05, 0.1) is 11.3 Å². The first-order chi connectivity index (χ1) is 14.1. The first-order valence-electron chi connectivity index (χ1n) is 10.2. The zero-order valence-electron chi connectivity index (χ0n) is 17.0. The molecule has 1 aromatic heterocycles. The maximum absolute atomic E-state index is 14.0. The number of aryl methyl sites for hydroxylation is 2. The molecule has 0 spiro atoms. The van der Waals surface area contributed by atoms with Gasteiger partial charge in [0.2, 0.25) is 0 Å². The van der Waals surface area contributed by atoms with Crippen molar-refractivity contribution in [1.29, 1.82) is 0 Å². The quantitative estimate of drug-likeness (QED) is 0.253. The third-order valence-corrected chi connectivity index (χ3v) is 4.92. The molecule has 0 saturated heterocycles. The van der Waals surface area contributed by atoms with Gasteiger partial charge in [-0.25, -0.2) is 9.18 Å². The van der Waals surface area contributed by atoms with Crippen LogP contribution in [0.4, 0.5) is 4.39 Å². The van der Waals surface area contributed by atoms with Crippen molar-refractivity contribution in [3.05, 3.63) is 83.3 Å². The van der Waals surface area contributed by atoms with Crippen molar-refractivity contribution < 1.29 is 13.9 Å². The lowest BCUT2D eigenvalue weighted by Crippen LogP contribution is -2.09.